The molecule has 0 unspecified atom stereocenters. The number of hydrogen-bond acceptors (Lipinski definition) is 7. The molecule has 3 aromatic rings. The maximum Gasteiger partial charge on any atom is 0.293 e. The molecule has 1 aromatic carbocycles. The zero-order chi connectivity index (χ0) is 17.1. The number of aromatic nitrogens is 3. The summed E-state index contributed by atoms with van der Waals surface area (Å²) >= 11 is 0. The van der Waals surface area contributed by atoms with Gasteiger partial charge < -0.3 is 9.84 Å². The number of nitro benzene ring substituents is 1. The van der Waals surface area contributed by atoms with Gasteiger partial charge in [-0.05, 0) is 38.1 Å². The maximum atomic E-state index is 11.3. The molecule has 0 spiro atoms. The molecule has 0 amide bonds. The molecule has 8 nitrogen and oxygen atoms in total. The van der Waals surface area contributed by atoms with E-state index in [0.29, 0.717) is 22.6 Å². The number of nitro groups is 1. The molecule has 2 aromatic heterocycles. The Morgan fingerprint density at radius 3 is 2.75 bits per heavy atom. The first-order chi connectivity index (χ1) is 11.5. The fourth-order valence-corrected chi connectivity index (χ4v) is 2.20. The van der Waals surface area contributed by atoms with E-state index >= 15 is 0 Å². The summed E-state index contributed by atoms with van der Waals surface area (Å²) < 4.78 is 5.23. The van der Waals surface area contributed by atoms with Crippen LogP contribution in [-0.4, -0.2) is 26.1 Å². The third-order valence-electron chi connectivity index (χ3n) is 3.23. The van der Waals surface area contributed by atoms with Crippen molar-refractivity contribution in [3.63, 3.8) is 0 Å². The maximum absolute atomic E-state index is 11.3. The van der Waals surface area contributed by atoms with Crippen LogP contribution < -0.4 is 5.32 Å². The summed E-state index contributed by atoms with van der Waals surface area (Å²) in [7, 11) is 0. The van der Waals surface area contributed by atoms with Crippen LogP contribution in [0.15, 0.2) is 47.2 Å². The highest BCUT2D eigenvalue weighted by Gasteiger charge is 2.19. The van der Waals surface area contributed by atoms with Crippen molar-refractivity contribution >= 4 is 11.4 Å². The molecule has 2 heterocycles. The van der Waals surface area contributed by atoms with E-state index in [1.807, 2.05) is 13.8 Å². The molecular weight excluding hydrogens is 310 g/mol. The van der Waals surface area contributed by atoms with Gasteiger partial charge in [0.1, 0.15) is 5.69 Å². The van der Waals surface area contributed by atoms with Gasteiger partial charge >= 0.3 is 0 Å². The molecule has 0 radical (unpaired) electrons. The van der Waals surface area contributed by atoms with Crippen molar-refractivity contribution < 1.29 is 9.45 Å². The molecule has 0 saturated carbocycles. The molecule has 0 atom stereocenters. The molecule has 8 heteroatoms. The average molecular weight is 325 g/mol. The molecule has 0 aliphatic heterocycles. The van der Waals surface area contributed by atoms with Gasteiger partial charge in [-0.25, -0.2) is 0 Å². The van der Waals surface area contributed by atoms with Gasteiger partial charge in [0.2, 0.25) is 5.82 Å². The third-order valence-corrected chi connectivity index (χ3v) is 3.23. The predicted molar refractivity (Wildman–Crippen MR) is 88.4 cm³/mol. The third kappa shape index (κ3) is 3.22. The predicted octanol–water partition coefficient (Wildman–Crippen LogP) is 3.53. The van der Waals surface area contributed by atoms with Gasteiger partial charge in [-0.15, -0.1) is 0 Å². The summed E-state index contributed by atoms with van der Waals surface area (Å²) in [4.78, 5) is 19.1. The number of pyridine rings is 1. The van der Waals surface area contributed by atoms with Crippen LogP contribution in [-0.2, 0) is 0 Å². The van der Waals surface area contributed by atoms with Gasteiger partial charge in [0.05, 0.1) is 4.92 Å². The summed E-state index contributed by atoms with van der Waals surface area (Å²) in [5, 5.41) is 18.2. The smallest absolute Gasteiger partial charge is 0.293 e. The monoisotopic (exact) mass is 325 g/mol. The normalized spacial score (nSPS) is 10.8. The lowest BCUT2D eigenvalue weighted by atomic mass is 10.1. The minimum absolute atomic E-state index is 0.0395. The number of nitrogens with zero attached hydrogens (tertiary/aromatic N) is 4. The van der Waals surface area contributed by atoms with Crippen LogP contribution in [0.5, 0.6) is 0 Å². The Kier molecular flexibility index (Phi) is 4.19. The first-order valence-corrected chi connectivity index (χ1v) is 7.34. The zero-order valence-corrected chi connectivity index (χ0v) is 13.1. The van der Waals surface area contributed by atoms with E-state index in [2.05, 4.69) is 20.4 Å². The van der Waals surface area contributed by atoms with E-state index in [-0.39, 0.29) is 17.6 Å². The Morgan fingerprint density at radius 2 is 2.08 bits per heavy atom. The Bertz CT molecular complexity index is 861. The lowest BCUT2D eigenvalue weighted by Crippen LogP contribution is -2.11. The average Bonchev–Trinajstić information content (AvgIpc) is 3.05. The largest absolute Gasteiger partial charge is 0.377 e. The standard InChI is InChI=1S/C16H15N5O3/c1-10(2)18-13-6-5-11(8-14(13)21(22)23)16-19-15(20-24-16)12-4-3-7-17-9-12/h3-10,18H,1-2H3. The summed E-state index contributed by atoms with van der Waals surface area (Å²) in [6.45, 7) is 3.83. The van der Waals surface area contributed by atoms with E-state index in [0.717, 1.165) is 0 Å². The molecule has 0 aliphatic rings. The minimum Gasteiger partial charge on any atom is -0.377 e. The van der Waals surface area contributed by atoms with Crippen LogP contribution in [0.3, 0.4) is 0 Å². The van der Waals surface area contributed by atoms with Crippen molar-refractivity contribution in [1.29, 1.82) is 0 Å². The SMILES string of the molecule is CC(C)Nc1ccc(-c2nc(-c3cccnc3)no2)cc1[N+](=O)[O-]. The topological polar surface area (TPSA) is 107 Å². The van der Waals surface area contributed by atoms with Crippen LogP contribution in [0.1, 0.15) is 13.8 Å². The molecular formula is C16H15N5O3. The molecule has 24 heavy (non-hydrogen) atoms. The van der Waals surface area contributed by atoms with Crippen molar-refractivity contribution in [3.05, 3.63) is 52.8 Å². The highest BCUT2D eigenvalue weighted by molar-refractivity contribution is 5.70. The molecule has 3 rings (SSSR count). The summed E-state index contributed by atoms with van der Waals surface area (Å²) in [6, 6.07) is 8.42. The van der Waals surface area contributed by atoms with Crippen molar-refractivity contribution in [2.75, 3.05) is 5.32 Å². The molecule has 0 aliphatic carbocycles. The summed E-state index contributed by atoms with van der Waals surface area (Å²) in [5.41, 5.74) is 1.60. The minimum atomic E-state index is -0.438. The molecule has 122 valence electrons. The molecule has 1 N–H and O–H groups in total. The Balaban J connectivity index is 1.97. The second kappa shape index (κ2) is 6.45. The van der Waals surface area contributed by atoms with Gasteiger partial charge in [0.25, 0.3) is 11.6 Å². The second-order valence-electron chi connectivity index (χ2n) is 5.45. The number of benzene rings is 1. The van der Waals surface area contributed by atoms with Crippen LogP contribution >= 0.6 is 0 Å². The fraction of sp³-hybridized carbons (Fsp3) is 0.188. The lowest BCUT2D eigenvalue weighted by molar-refractivity contribution is -0.383. The van der Waals surface area contributed by atoms with E-state index in [9.17, 15) is 10.1 Å². The number of anilines is 1. The molecule has 0 fully saturated rings. The van der Waals surface area contributed by atoms with E-state index in [1.165, 1.54) is 6.07 Å². The van der Waals surface area contributed by atoms with Crippen LogP contribution in [0, 0.1) is 10.1 Å². The van der Waals surface area contributed by atoms with E-state index < -0.39 is 4.92 Å². The first kappa shape index (κ1) is 15.6. The lowest BCUT2D eigenvalue weighted by Gasteiger charge is -2.10. The van der Waals surface area contributed by atoms with Crippen LogP contribution in [0.2, 0.25) is 0 Å². The number of hydrogen-bond donors (Lipinski definition) is 1. The van der Waals surface area contributed by atoms with Crippen molar-refractivity contribution in [1.82, 2.24) is 15.1 Å². The Labute approximate surface area is 137 Å². The van der Waals surface area contributed by atoms with Gasteiger partial charge in [-0.2, -0.15) is 4.98 Å². The first-order valence-electron chi connectivity index (χ1n) is 7.34. The van der Waals surface area contributed by atoms with Crippen molar-refractivity contribution in [3.8, 4) is 22.8 Å². The highest BCUT2D eigenvalue weighted by atomic mass is 16.6. The van der Waals surface area contributed by atoms with Gasteiger partial charge in [-0.3, -0.25) is 15.1 Å². The van der Waals surface area contributed by atoms with Gasteiger partial charge in [0, 0.05) is 35.6 Å². The number of nitrogens with one attached hydrogen (secondary N) is 1. The van der Waals surface area contributed by atoms with Crippen LogP contribution in [0.4, 0.5) is 11.4 Å². The van der Waals surface area contributed by atoms with Gasteiger partial charge in [-0.1, -0.05) is 5.16 Å². The van der Waals surface area contributed by atoms with Gasteiger partial charge in [0.15, 0.2) is 0 Å². The number of rotatable bonds is 5. The van der Waals surface area contributed by atoms with E-state index in [1.54, 1.807) is 36.7 Å². The van der Waals surface area contributed by atoms with Crippen molar-refractivity contribution in [2.45, 2.75) is 19.9 Å². The molecule has 0 bridgehead atoms. The fourth-order valence-electron chi connectivity index (χ4n) is 2.20. The quantitative estimate of drug-likeness (QED) is 0.564. The summed E-state index contributed by atoms with van der Waals surface area (Å²) in [5.74, 6) is 0.596. The van der Waals surface area contributed by atoms with Crippen molar-refractivity contribution in [2.24, 2.45) is 0 Å². The second-order valence-corrected chi connectivity index (χ2v) is 5.45. The Morgan fingerprint density at radius 1 is 1.25 bits per heavy atom. The summed E-state index contributed by atoms with van der Waals surface area (Å²) in [6.07, 6.45) is 3.26. The zero-order valence-electron chi connectivity index (χ0n) is 13.1. The van der Waals surface area contributed by atoms with E-state index in [4.69, 9.17) is 4.52 Å². The Hall–Kier alpha value is -3.29. The highest BCUT2D eigenvalue weighted by Crippen LogP contribution is 2.31. The van der Waals surface area contributed by atoms with Crippen LogP contribution in [0.25, 0.3) is 22.8 Å². The molecule has 0 saturated heterocycles.